The van der Waals surface area contributed by atoms with Gasteiger partial charge in [0.2, 0.25) is 0 Å². The number of nitrogens with zero attached hydrogens (tertiary/aromatic N) is 2. The quantitative estimate of drug-likeness (QED) is 0.710. The van der Waals surface area contributed by atoms with Crippen LogP contribution in [0.5, 0.6) is 0 Å². The fraction of sp³-hybridized carbons (Fsp3) is 0.250. The molecule has 2 aromatic heterocycles. The van der Waals surface area contributed by atoms with E-state index >= 15 is 0 Å². The second kappa shape index (κ2) is 6.68. The van der Waals surface area contributed by atoms with Gasteiger partial charge >= 0.3 is 0 Å². The molecule has 0 saturated heterocycles. The molecule has 2 heterocycles. The number of aromatic nitrogens is 3. The van der Waals surface area contributed by atoms with Gasteiger partial charge in [-0.1, -0.05) is 11.8 Å². The topological polar surface area (TPSA) is 90.9 Å². The minimum atomic E-state index is -0.195. The third-order valence-electron chi connectivity index (χ3n) is 2.21. The highest BCUT2D eigenvalue weighted by molar-refractivity contribution is 7.12. The van der Waals surface area contributed by atoms with E-state index in [9.17, 15) is 4.79 Å². The molecule has 0 aliphatic carbocycles. The number of carbonyl (C=O) groups excluding carboxylic acids is 1. The number of amides is 1. The highest BCUT2D eigenvalue weighted by Gasteiger charge is 2.11. The first-order chi connectivity index (χ1) is 9.31. The Balaban J connectivity index is 1.99. The van der Waals surface area contributed by atoms with E-state index in [1.165, 1.54) is 17.7 Å². The van der Waals surface area contributed by atoms with Crippen LogP contribution in [-0.2, 0) is 6.54 Å². The molecule has 0 bridgehead atoms. The first-order valence-corrected chi connectivity index (χ1v) is 6.49. The van der Waals surface area contributed by atoms with Crippen molar-refractivity contribution in [3.8, 4) is 11.8 Å². The van der Waals surface area contributed by atoms with Crippen LogP contribution in [0.2, 0.25) is 0 Å². The molecule has 19 heavy (non-hydrogen) atoms. The molecule has 0 unspecified atom stereocenters. The summed E-state index contributed by atoms with van der Waals surface area (Å²) in [6.07, 6.45) is 1.79. The van der Waals surface area contributed by atoms with Crippen molar-refractivity contribution in [3.05, 3.63) is 34.0 Å². The van der Waals surface area contributed by atoms with E-state index in [2.05, 4.69) is 32.3 Å². The number of H-pyrrole nitrogens is 1. The monoisotopic (exact) mass is 276 g/mol. The van der Waals surface area contributed by atoms with Gasteiger partial charge in [-0.05, 0) is 11.4 Å². The molecule has 2 aromatic rings. The maximum atomic E-state index is 12.0. The Morgan fingerprint density at radius 2 is 2.47 bits per heavy atom. The van der Waals surface area contributed by atoms with Gasteiger partial charge in [0, 0.05) is 12.0 Å². The maximum absolute atomic E-state index is 12.0. The standard InChI is InChI=1S/C12H12N4O2S/c17-5-2-1-3-9-4-6-19-11(9)12(18)13-7-10-14-8-15-16-10/h4,6,8,17H,2,5,7H2,(H,13,18)(H,14,15,16). The van der Waals surface area contributed by atoms with E-state index < -0.39 is 0 Å². The molecule has 7 heteroatoms. The summed E-state index contributed by atoms with van der Waals surface area (Å²) in [6.45, 7) is 0.310. The maximum Gasteiger partial charge on any atom is 0.263 e. The number of hydrogen-bond acceptors (Lipinski definition) is 5. The molecule has 1 amide bonds. The van der Waals surface area contributed by atoms with Crippen molar-refractivity contribution in [2.45, 2.75) is 13.0 Å². The van der Waals surface area contributed by atoms with E-state index in [1.54, 1.807) is 6.07 Å². The summed E-state index contributed by atoms with van der Waals surface area (Å²) in [5.41, 5.74) is 0.675. The van der Waals surface area contributed by atoms with Crippen molar-refractivity contribution >= 4 is 17.2 Å². The zero-order valence-electron chi connectivity index (χ0n) is 10.0. The van der Waals surface area contributed by atoms with Gasteiger partial charge in [0.05, 0.1) is 13.2 Å². The minimum absolute atomic E-state index is 0.0180. The Morgan fingerprint density at radius 1 is 1.58 bits per heavy atom. The second-order valence-corrected chi connectivity index (χ2v) is 4.47. The number of thiophene rings is 1. The predicted molar refractivity (Wildman–Crippen MR) is 70.5 cm³/mol. The van der Waals surface area contributed by atoms with Crippen molar-refractivity contribution < 1.29 is 9.90 Å². The molecule has 98 valence electrons. The molecular formula is C12H12N4O2S. The minimum Gasteiger partial charge on any atom is -0.395 e. The van der Waals surface area contributed by atoms with Crippen LogP contribution >= 0.6 is 11.3 Å². The van der Waals surface area contributed by atoms with Crippen LogP contribution in [0.1, 0.15) is 27.5 Å². The van der Waals surface area contributed by atoms with Gasteiger partial charge in [0.15, 0.2) is 0 Å². The summed E-state index contributed by atoms with van der Waals surface area (Å²) in [5.74, 6) is 6.07. The first-order valence-electron chi connectivity index (χ1n) is 5.61. The lowest BCUT2D eigenvalue weighted by atomic mass is 10.2. The number of aliphatic hydroxyl groups is 1. The third kappa shape index (κ3) is 3.64. The van der Waals surface area contributed by atoms with E-state index in [0.717, 1.165) is 0 Å². The molecule has 0 spiro atoms. The molecule has 2 rings (SSSR count). The summed E-state index contributed by atoms with van der Waals surface area (Å²) in [4.78, 5) is 16.5. The number of nitrogens with one attached hydrogen (secondary N) is 2. The van der Waals surface area contributed by atoms with Crippen LogP contribution in [0.15, 0.2) is 17.8 Å². The van der Waals surface area contributed by atoms with Crippen LogP contribution < -0.4 is 5.32 Å². The molecule has 0 aliphatic heterocycles. The summed E-state index contributed by atoms with van der Waals surface area (Å²) in [7, 11) is 0. The SMILES string of the molecule is O=C(NCc1ncn[nH]1)c1sccc1C#CCCO. The zero-order valence-corrected chi connectivity index (χ0v) is 10.8. The van der Waals surface area contributed by atoms with Crippen molar-refractivity contribution in [3.63, 3.8) is 0 Å². The molecule has 3 N–H and O–H groups in total. The average Bonchev–Trinajstić information content (AvgIpc) is 3.07. The summed E-state index contributed by atoms with van der Waals surface area (Å²) in [5, 5.41) is 19.6. The number of aromatic amines is 1. The summed E-state index contributed by atoms with van der Waals surface area (Å²) in [6, 6.07) is 1.79. The van der Waals surface area contributed by atoms with Gasteiger partial charge < -0.3 is 10.4 Å². The van der Waals surface area contributed by atoms with Crippen molar-refractivity contribution in [2.24, 2.45) is 0 Å². The van der Waals surface area contributed by atoms with Gasteiger partial charge in [-0.25, -0.2) is 4.98 Å². The van der Waals surface area contributed by atoms with Gasteiger partial charge in [-0.15, -0.1) is 11.3 Å². The van der Waals surface area contributed by atoms with Crippen molar-refractivity contribution in [1.82, 2.24) is 20.5 Å². The van der Waals surface area contributed by atoms with Crippen LogP contribution in [0.4, 0.5) is 0 Å². The van der Waals surface area contributed by atoms with Gasteiger partial charge in [0.1, 0.15) is 17.0 Å². The van der Waals surface area contributed by atoms with Crippen LogP contribution in [0.3, 0.4) is 0 Å². The largest absolute Gasteiger partial charge is 0.395 e. The summed E-state index contributed by atoms with van der Waals surface area (Å²) < 4.78 is 0. The Bertz CT molecular complexity index is 595. The molecule has 0 atom stereocenters. The Labute approximate surface area is 113 Å². The lowest BCUT2D eigenvalue weighted by Crippen LogP contribution is -2.23. The van der Waals surface area contributed by atoms with Gasteiger partial charge in [-0.2, -0.15) is 5.10 Å². The van der Waals surface area contributed by atoms with Gasteiger partial charge in [0.25, 0.3) is 5.91 Å². The Hall–Kier alpha value is -2.17. The highest BCUT2D eigenvalue weighted by Crippen LogP contribution is 2.15. The fourth-order valence-electron chi connectivity index (χ4n) is 1.36. The molecule has 0 saturated carbocycles. The van der Waals surface area contributed by atoms with Gasteiger partial charge in [-0.3, -0.25) is 9.89 Å². The fourth-order valence-corrected chi connectivity index (χ4v) is 2.12. The Kier molecular flexibility index (Phi) is 4.66. The molecule has 6 nitrogen and oxygen atoms in total. The normalized spacial score (nSPS) is 9.74. The lowest BCUT2D eigenvalue weighted by Gasteiger charge is -2.01. The number of rotatable bonds is 4. The highest BCUT2D eigenvalue weighted by atomic mass is 32.1. The van der Waals surface area contributed by atoms with Crippen molar-refractivity contribution in [2.75, 3.05) is 6.61 Å². The van der Waals surface area contributed by atoms with Crippen LogP contribution in [0, 0.1) is 11.8 Å². The smallest absolute Gasteiger partial charge is 0.263 e. The number of carbonyl (C=O) groups is 1. The third-order valence-corrected chi connectivity index (χ3v) is 3.13. The van der Waals surface area contributed by atoms with E-state index in [4.69, 9.17) is 5.11 Å². The Morgan fingerprint density at radius 3 is 3.21 bits per heavy atom. The van der Waals surface area contributed by atoms with Crippen LogP contribution in [0.25, 0.3) is 0 Å². The molecule has 0 fully saturated rings. The number of aliphatic hydroxyl groups excluding tert-OH is 1. The molecule has 0 aliphatic rings. The van der Waals surface area contributed by atoms with E-state index in [0.29, 0.717) is 29.2 Å². The average molecular weight is 276 g/mol. The zero-order chi connectivity index (χ0) is 13.5. The van der Waals surface area contributed by atoms with E-state index in [-0.39, 0.29) is 12.5 Å². The summed E-state index contributed by atoms with van der Waals surface area (Å²) >= 11 is 1.33. The lowest BCUT2D eigenvalue weighted by molar-refractivity contribution is 0.0954. The predicted octanol–water partition coefficient (Wildman–Crippen LogP) is 0.530. The molecule has 0 radical (unpaired) electrons. The van der Waals surface area contributed by atoms with Crippen molar-refractivity contribution in [1.29, 1.82) is 0 Å². The molecular weight excluding hydrogens is 264 g/mol. The van der Waals surface area contributed by atoms with Crippen LogP contribution in [-0.4, -0.2) is 32.8 Å². The second-order valence-electron chi connectivity index (χ2n) is 3.55. The van der Waals surface area contributed by atoms with E-state index in [1.807, 2.05) is 5.38 Å². The number of hydrogen-bond donors (Lipinski definition) is 3. The first kappa shape index (κ1) is 13.3. The molecule has 0 aromatic carbocycles.